The maximum atomic E-state index is 12.3. The zero-order chi connectivity index (χ0) is 16.4. The molecule has 1 amide bonds. The lowest BCUT2D eigenvalue weighted by atomic mass is 9.85. The molecule has 2 heterocycles. The van der Waals surface area contributed by atoms with Gasteiger partial charge in [-0.05, 0) is 30.9 Å². The second-order valence-corrected chi connectivity index (χ2v) is 7.81. The number of benzene rings is 1. The van der Waals surface area contributed by atoms with Crippen LogP contribution in [0.3, 0.4) is 0 Å². The smallest absolute Gasteiger partial charge is 0.228 e. The lowest BCUT2D eigenvalue weighted by molar-refractivity contribution is -0.121. The first-order valence-corrected chi connectivity index (χ1v) is 9.53. The predicted molar refractivity (Wildman–Crippen MR) is 95.3 cm³/mol. The Morgan fingerprint density at radius 3 is 2.67 bits per heavy atom. The van der Waals surface area contributed by atoms with Gasteiger partial charge in [0.2, 0.25) is 5.91 Å². The molecule has 1 aromatic carbocycles. The molecule has 1 saturated carbocycles. The summed E-state index contributed by atoms with van der Waals surface area (Å²) in [6.45, 7) is 3.33. The predicted octanol–water partition coefficient (Wildman–Crippen LogP) is 3.82. The molecule has 24 heavy (non-hydrogen) atoms. The summed E-state index contributed by atoms with van der Waals surface area (Å²) in [7, 11) is 0. The van der Waals surface area contributed by atoms with E-state index in [0.29, 0.717) is 6.42 Å². The Balaban J connectivity index is 1.41. The lowest BCUT2D eigenvalue weighted by Crippen LogP contribution is -2.50. The summed E-state index contributed by atoms with van der Waals surface area (Å²) in [5.41, 5.74) is 0.490. The molecule has 0 radical (unpaired) electrons. The molecule has 1 N–H and O–H groups in total. The second kappa shape index (κ2) is 6.75. The Kier molecular flexibility index (Phi) is 4.49. The second-order valence-electron chi connectivity index (χ2n) is 7.81. The number of nitrogens with zero attached hydrogens (tertiary/aromatic N) is 1. The Labute approximate surface area is 144 Å². The highest BCUT2D eigenvalue weighted by Gasteiger charge is 2.41. The number of rotatable bonds is 2. The van der Waals surface area contributed by atoms with Crippen molar-refractivity contribution in [3.8, 4) is 5.75 Å². The number of fused-ring (bicyclic) bond motifs is 1. The fourth-order valence-electron chi connectivity index (χ4n) is 4.57. The van der Waals surface area contributed by atoms with E-state index >= 15 is 0 Å². The molecule has 0 atom stereocenters. The van der Waals surface area contributed by atoms with E-state index in [0.717, 1.165) is 43.3 Å². The number of carbonyl (C=O) groups is 1. The van der Waals surface area contributed by atoms with Gasteiger partial charge in [-0.1, -0.05) is 31.4 Å². The van der Waals surface area contributed by atoms with Gasteiger partial charge in [0.05, 0.1) is 12.1 Å². The van der Waals surface area contributed by atoms with Crippen molar-refractivity contribution in [2.45, 2.75) is 57.0 Å². The fraction of sp³-hybridized carbons (Fsp3) is 0.650. The zero-order valence-corrected chi connectivity index (χ0v) is 14.4. The number of ether oxygens (including phenoxy) is 1. The summed E-state index contributed by atoms with van der Waals surface area (Å²) >= 11 is 0. The van der Waals surface area contributed by atoms with Crippen molar-refractivity contribution in [2.75, 3.05) is 25.0 Å². The molecule has 1 aromatic rings. The number of amides is 1. The molecule has 1 spiro atoms. The van der Waals surface area contributed by atoms with E-state index in [4.69, 9.17) is 4.74 Å². The summed E-state index contributed by atoms with van der Waals surface area (Å²) in [5, 5.41) is 2.99. The van der Waals surface area contributed by atoms with E-state index < -0.39 is 0 Å². The zero-order valence-electron chi connectivity index (χ0n) is 14.4. The van der Waals surface area contributed by atoms with Crippen molar-refractivity contribution in [3.63, 3.8) is 0 Å². The van der Waals surface area contributed by atoms with Gasteiger partial charge in [-0.25, -0.2) is 0 Å². The number of hydrogen-bond donors (Lipinski definition) is 1. The SMILES string of the molecule is O=C1CC2(CCN(CC3CCCCC3)CC2)Oc2ccccc2N1. The van der Waals surface area contributed by atoms with Gasteiger partial charge in [0, 0.05) is 32.5 Å². The average molecular weight is 328 g/mol. The third-order valence-electron chi connectivity index (χ3n) is 5.98. The van der Waals surface area contributed by atoms with E-state index in [1.807, 2.05) is 24.3 Å². The van der Waals surface area contributed by atoms with Crippen LogP contribution in [0.4, 0.5) is 5.69 Å². The molecule has 0 aromatic heterocycles. The number of anilines is 1. The van der Waals surface area contributed by atoms with Gasteiger partial charge in [0.1, 0.15) is 11.4 Å². The van der Waals surface area contributed by atoms with Crippen molar-refractivity contribution in [3.05, 3.63) is 24.3 Å². The van der Waals surface area contributed by atoms with Crippen LogP contribution < -0.4 is 10.1 Å². The molecular weight excluding hydrogens is 300 g/mol. The monoisotopic (exact) mass is 328 g/mol. The van der Waals surface area contributed by atoms with Crippen LogP contribution in [0.1, 0.15) is 51.4 Å². The Morgan fingerprint density at radius 1 is 1.12 bits per heavy atom. The van der Waals surface area contributed by atoms with Gasteiger partial charge in [-0.2, -0.15) is 0 Å². The van der Waals surface area contributed by atoms with Crippen LogP contribution >= 0.6 is 0 Å². The van der Waals surface area contributed by atoms with Crippen molar-refractivity contribution < 1.29 is 9.53 Å². The normalized spacial score (nSPS) is 24.8. The van der Waals surface area contributed by atoms with Crippen molar-refractivity contribution in [1.29, 1.82) is 0 Å². The van der Waals surface area contributed by atoms with Crippen LogP contribution in [0.5, 0.6) is 5.75 Å². The molecule has 3 aliphatic rings. The average Bonchev–Trinajstić information content (AvgIpc) is 2.73. The maximum Gasteiger partial charge on any atom is 0.228 e. The molecular formula is C20H28N2O2. The van der Waals surface area contributed by atoms with Gasteiger partial charge >= 0.3 is 0 Å². The van der Waals surface area contributed by atoms with Crippen LogP contribution in [0.2, 0.25) is 0 Å². The topological polar surface area (TPSA) is 41.6 Å². The number of para-hydroxylation sites is 2. The minimum atomic E-state index is -0.320. The minimum Gasteiger partial charge on any atom is -0.484 e. The van der Waals surface area contributed by atoms with E-state index in [2.05, 4.69) is 10.2 Å². The van der Waals surface area contributed by atoms with E-state index in [9.17, 15) is 4.79 Å². The molecule has 1 saturated heterocycles. The largest absolute Gasteiger partial charge is 0.484 e. The summed E-state index contributed by atoms with van der Waals surface area (Å²) in [4.78, 5) is 14.9. The molecule has 1 aliphatic carbocycles. The summed E-state index contributed by atoms with van der Waals surface area (Å²) in [6, 6.07) is 7.80. The van der Waals surface area contributed by atoms with Gasteiger partial charge in [-0.15, -0.1) is 0 Å². The van der Waals surface area contributed by atoms with Crippen LogP contribution in [0.15, 0.2) is 24.3 Å². The third kappa shape index (κ3) is 3.44. The Bertz CT molecular complexity index is 587. The fourth-order valence-corrected chi connectivity index (χ4v) is 4.57. The highest BCUT2D eigenvalue weighted by atomic mass is 16.5. The van der Waals surface area contributed by atoms with Crippen LogP contribution in [0, 0.1) is 5.92 Å². The van der Waals surface area contributed by atoms with Gasteiger partial charge in [0.15, 0.2) is 0 Å². The number of likely N-dealkylation sites (tertiary alicyclic amines) is 1. The lowest BCUT2D eigenvalue weighted by Gasteiger charge is -2.42. The molecule has 130 valence electrons. The van der Waals surface area contributed by atoms with Crippen LogP contribution in [-0.2, 0) is 4.79 Å². The van der Waals surface area contributed by atoms with Gasteiger partial charge < -0.3 is 15.0 Å². The minimum absolute atomic E-state index is 0.0840. The van der Waals surface area contributed by atoms with Gasteiger partial charge in [0.25, 0.3) is 0 Å². The van der Waals surface area contributed by atoms with Crippen molar-refractivity contribution in [1.82, 2.24) is 4.90 Å². The number of hydrogen-bond acceptors (Lipinski definition) is 3. The Hall–Kier alpha value is -1.55. The Morgan fingerprint density at radius 2 is 1.88 bits per heavy atom. The molecule has 0 bridgehead atoms. The third-order valence-corrected chi connectivity index (χ3v) is 5.98. The number of nitrogens with one attached hydrogen (secondary N) is 1. The highest BCUT2D eigenvalue weighted by Crippen LogP contribution is 2.38. The summed E-state index contributed by atoms with van der Waals surface area (Å²) in [5.74, 6) is 1.79. The van der Waals surface area contributed by atoms with Crippen LogP contribution in [0.25, 0.3) is 0 Å². The molecule has 2 fully saturated rings. The summed E-state index contributed by atoms with van der Waals surface area (Å²) < 4.78 is 6.38. The first-order valence-electron chi connectivity index (χ1n) is 9.53. The standard InChI is InChI=1S/C20H28N2O2/c23-19-14-20(24-18-9-5-4-8-17(18)21-19)10-12-22(13-11-20)15-16-6-2-1-3-7-16/h4-5,8-9,16H,1-3,6-7,10-15H2,(H,21,23). The first kappa shape index (κ1) is 15.9. The van der Waals surface area contributed by atoms with E-state index in [1.165, 1.54) is 38.6 Å². The van der Waals surface area contributed by atoms with Crippen molar-refractivity contribution >= 4 is 11.6 Å². The number of carbonyl (C=O) groups excluding carboxylic acids is 1. The van der Waals surface area contributed by atoms with E-state index in [1.54, 1.807) is 0 Å². The number of piperidine rings is 1. The molecule has 0 unspecified atom stereocenters. The molecule has 4 heteroatoms. The van der Waals surface area contributed by atoms with Crippen LogP contribution in [-0.4, -0.2) is 36.0 Å². The van der Waals surface area contributed by atoms with E-state index in [-0.39, 0.29) is 11.5 Å². The molecule has 2 aliphatic heterocycles. The van der Waals surface area contributed by atoms with Gasteiger partial charge in [-0.3, -0.25) is 4.79 Å². The molecule has 4 nitrogen and oxygen atoms in total. The highest BCUT2D eigenvalue weighted by molar-refractivity contribution is 5.93. The first-order chi connectivity index (χ1) is 11.7. The van der Waals surface area contributed by atoms with Crippen molar-refractivity contribution in [2.24, 2.45) is 5.92 Å². The maximum absolute atomic E-state index is 12.3. The summed E-state index contributed by atoms with van der Waals surface area (Å²) in [6.07, 6.45) is 9.39. The quantitative estimate of drug-likeness (QED) is 0.897. The molecule has 4 rings (SSSR count).